The Labute approximate surface area is 186 Å². The van der Waals surface area contributed by atoms with Crippen LogP contribution in [0.15, 0.2) is 41.3 Å². The number of nitriles is 1. The van der Waals surface area contributed by atoms with Gasteiger partial charge in [-0.15, -0.1) is 0 Å². The molecule has 1 atom stereocenters. The highest BCUT2D eigenvalue weighted by Crippen LogP contribution is 2.43. The fourth-order valence-electron chi connectivity index (χ4n) is 4.05. The van der Waals surface area contributed by atoms with Crippen LogP contribution in [0.2, 0.25) is 0 Å². The second-order valence-corrected chi connectivity index (χ2v) is 9.80. The standard InChI is InChI=1S/C23H24FN3O4S/c1-31-23(28)17-7-8-19(16-5-6-16)22(12-17)32(29,30)26-20-11-15(13-25)4-9-21(20)27-10-2-3-18(24)14-27/h4,7-9,11-12,16,18,26H,2-3,5-6,10,14H2,1H3. The molecule has 0 amide bonds. The first kappa shape index (κ1) is 22.1. The highest BCUT2D eigenvalue weighted by Gasteiger charge is 2.32. The van der Waals surface area contributed by atoms with Gasteiger partial charge in [0.15, 0.2) is 0 Å². The number of carbonyl (C=O) groups excluding carboxylic acids is 1. The number of benzene rings is 2. The third kappa shape index (κ3) is 4.55. The van der Waals surface area contributed by atoms with E-state index in [-0.39, 0.29) is 34.2 Å². The van der Waals surface area contributed by atoms with E-state index in [4.69, 9.17) is 4.74 Å². The van der Waals surface area contributed by atoms with Crippen LogP contribution in [0.1, 0.15) is 53.1 Å². The smallest absolute Gasteiger partial charge is 0.337 e. The van der Waals surface area contributed by atoms with Gasteiger partial charge < -0.3 is 9.64 Å². The highest BCUT2D eigenvalue weighted by atomic mass is 32.2. The number of anilines is 2. The van der Waals surface area contributed by atoms with Crippen LogP contribution in [-0.4, -0.2) is 40.8 Å². The van der Waals surface area contributed by atoms with Crippen molar-refractivity contribution in [3.05, 3.63) is 53.1 Å². The number of alkyl halides is 1. The van der Waals surface area contributed by atoms with Gasteiger partial charge in [-0.1, -0.05) is 6.07 Å². The molecule has 2 aromatic carbocycles. The van der Waals surface area contributed by atoms with Crippen molar-refractivity contribution in [2.24, 2.45) is 0 Å². The number of methoxy groups -OCH3 is 1. The van der Waals surface area contributed by atoms with Crippen molar-refractivity contribution < 1.29 is 22.3 Å². The molecular weight excluding hydrogens is 433 g/mol. The Morgan fingerprint density at radius 3 is 2.66 bits per heavy atom. The average Bonchev–Trinajstić information content (AvgIpc) is 3.63. The molecule has 4 rings (SSSR count). The van der Waals surface area contributed by atoms with Crippen molar-refractivity contribution in [2.45, 2.75) is 42.7 Å². The van der Waals surface area contributed by atoms with Crippen molar-refractivity contribution in [2.75, 3.05) is 29.8 Å². The monoisotopic (exact) mass is 457 g/mol. The predicted molar refractivity (Wildman–Crippen MR) is 118 cm³/mol. The van der Waals surface area contributed by atoms with E-state index in [1.165, 1.54) is 19.2 Å². The number of ether oxygens (including phenoxy) is 1. The first-order valence-corrected chi connectivity index (χ1v) is 12.0. The van der Waals surface area contributed by atoms with Gasteiger partial charge >= 0.3 is 5.97 Å². The summed E-state index contributed by atoms with van der Waals surface area (Å²) >= 11 is 0. The maximum absolute atomic E-state index is 14.0. The summed E-state index contributed by atoms with van der Waals surface area (Å²) in [6.07, 6.45) is 1.88. The van der Waals surface area contributed by atoms with Gasteiger partial charge in [-0.2, -0.15) is 5.26 Å². The summed E-state index contributed by atoms with van der Waals surface area (Å²) in [5, 5.41) is 9.32. The molecule has 0 bridgehead atoms. The van der Waals surface area contributed by atoms with Crippen LogP contribution in [0.5, 0.6) is 0 Å². The summed E-state index contributed by atoms with van der Waals surface area (Å²) in [6, 6.07) is 11.2. The second kappa shape index (κ2) is 8.79. The Balaban J connectivity index is 1.75. The molecule has 7 nitrogen and oxygen atoms in total. The Kier molecular flexibility index (Phi) is 6.07. The number of esters is 1. The van der Waals surface area contributed by atoms with Crippen LogP contribution in [0, 0.1) is 11.3 Å². The molecule has 1 saturated carbocycles. The van der Waals surface area contributed by atoms with Crippen LogP contribution >= 0.6 is 0 Å². The zero-order valence-electron chi connectivity index (χ0n) is 17.7. The Morgan fingerprint density at radius 1 is 1.22 bits per heavy atom. The number of sulfonamides is 1. The molecule has 1 aliphatic heterocycles. The molecule has 0 radical (unpaired) electrons. The fraction of sp³-hybridized carbons (Fsp3) is 0.391. The SMILES string of the molecule is COC(=O)c1ccc(C2CC2)c(S(=O)(=O)Nc2cc(C#N)ccc2N2CCCC(F)C2)c1. The van der Waals surface area contributed by atoms with Gasteiger partial charge in [0.2, 0.25) is 0 Å². The normalized spacial score (nSPS) is 18.7. The maximum atomic E-state index is 14.0. The van der Waals surface area contributed by atoms with Crippen LogP contribution in [0.4, 0.5) is 15.8 Å². The molecule has 9 heteroatoms. The second-order valence-electron chi connectivity index (χ2n) is 8.15. The minimum absolute atomic E-state index is 0.0122. The van der Waals surface area contributed by atoms with Gasteiger partial charge in [0.1, 0.15) is 6.17 Å². The van der Waals surface area contributed by atoms with E-state index >= 15 is 0 Å². The van der Waals surface area contributed by atoms with E-state index in [1.54, 1.807) is 29.2 Å². The lowest BCUT2D eigenvalue weighted by Crippen LogP contribution is -2.37. The molecule has 2 aliphatic rings. The number of nitrogens with one attached hydrogen (secondary N) is 1. The molecule has 2 fully saturated rings. The maximum Gasteiger partial charge on any atom is 0.337 e. The number of hydrogen-bond donors (Lipinski definition) is 1. The molecular formula is C23H24FN3O4S. The lowest BCUT2D eigenvalue weighted by molar-refractivity contribution is 0.0600. The molecule has 0 aromatic heterocycles. The molecule has 0 spiro atoms. The first-order valence-electron chi connectivity index (χ1n) is 10.5. The van der Waals surface area contributed by atoms with Crippen LogP contribution < -0.4 is 9.62 Å². The Bertz CT molecular complexity index is 1190. The topological polar surface area (TPSA) is 99.5 Å². The van der Waals surface area contributed by atoms with E-state index in [1.807, 2.05) is 6.07 Å². The third-order valence-electron chi connectivity index (χ3n) is 5.82. The highest BCUT2D eigenvalue weighted by molar-refractivity contribution is 7.92. The summed E-state index contributed by atoms with van der Waals surface area (Å²) in [5.41, 5.74) is 1.80. The molecule has 32 heavy (non-hydrogen) atoms. The quantitative estimate of drug-likeness (QED) is 0.659. The lowest BCUT2D eigenvalue weighted by Gasteiger charge is -2.32. The molecule has 1 saturated heterocycles. The van der Waals surface area contributed by atoms with Gasteiger partial charge in [-0.3, -0.25) is 4.72 Å². The molecule has 1 N–H and O–H groups in total. The number of halogens is 1. The molecule has 2 aromatic rings. The summed E-state index contributed by atoms with van der Waals surface area (Å²) < 4.78 is 48.3. The van der Waals surface area contributed by atoms with Crippen molar-refractivity contribution in [1.82, 2.24) is 0 Å². The van der Waals surface area contributed by atoms with Gasteiger partial charge in [0, 0.05) is 13.1 Å². The summed E-state index contributed by atoms with van der Waals surface area (Å²) in [7, 11) is -2.86. The summed E-state index contributed by atoms with van der Waals surface area (Å²) in [5.74, 6) is -0.508. The van der Waals surface area contributed by atoms with Gasteiger partial charge in [0.05, 0.1) is 40.6 Å². The van der Waals surface area contributed by atoms with E-state index in [0.29, 0.717) is 30.6 Å². The zero-order valence-corrected chi connectivity index (χ0v) is 18.5. The summed E-state index contributed by atoms with van der Waals surface area (Å²) in [4.78, 5) is 13.8. The number of rotatable bonds is 6. The van der Waals surface area contributed by atoms with Gasteiger partial charge in [-0.25, -0.2) is 17.6 Å². The van der Waals surface area contributed by atoms with Crippen LogP contribution in [-0.2, 0) is 14.8 Å². The Hall–Kier alpha value is -3.12. The van der Waals surface area contributed by atoms with E-state index in [0.717, 1.165) is 12.8 Å². The van der Waals surface area contributed by atoms with Crippen molar-refractivity contribution in [3.8, 4) is 6.07 Å². The third-order valence-corrected chi connectivity index (χ3v) is 7.24. The Morgan fingerprint density at radius 2 is 2.00 bits per heavy atom. The largest absolute Gasteiger partial charge is 0.465 e. The fourth-order valence-corrected chi connectivity index (χ4v) is 5.44. The van der Waals surface area contributed by atoms with E-state index in [9.17, 15) is 22.9 Å². The lowest BCUT2D eigenvalue weighted by atomic mass is 10.1. The predicted octanol–water partition coefficient (Wildman–Crippen LogP) is 3.96. The number of carbonyl (C=O) groups is 1. The van der Waals surface area contributed by atoms with Crippen LogP contribution in [0.25, 0.3) is 0 Å². The van der Waals surface area contributed by atoms with E-state index in [2.05, 4.69) is 4.72 Å². The summed E-state index contributed by atoms with van der Waals surface area (Å²) in [6.45, 7) is 0.748. The van der Waals surface area contributed by atoms with Crippen LogP contribution in [0.3, 0.4) is 0 Å². The molecule has 1 unspecified atom stereocenters. The number of hydrogen-bond acceptors (Lipinski definition) is 6. The first-order chi connectivity index (χ1) is 15.3. The van der Waals surface area contributed by atoms with Gasteiger partial charge in [0.25, 0.3) is 10.0 Å². The average molecular weight is 458 g/mol. The van der Waals surface area contributed by atoms with E-state index < -0.39 is 22.2 Å². The van der Waals surface area contributed by atoms with Crippen molar-refractivity contribution in [3.63, 3.8) is 0 Å². The number of piperidine rings is 1. The van der Waals surface area contributed by atoms with Crippen molar-refractivity contribution >= 4 is 27.4 Å². The minimum Gasteiger partial charge on any atom is -0.465 e. The molecule has 1 heterocycles. The van der Waals surface area contributed by atoms with Gasteiger partial charge in [-0.05, 0) is 67.5 Å². The molecule has 1 aliphatic carbocycles. The molecule has 168 valence electrons. The number of nitrogens with zero attached hydrogens (tertiary/aromatic N) is 2. The zero-order chi connectivity index (χ0) is 22.9. The minimum atomic E-state index is -4.10. The van der Waals surface area contributed by atoms with Crippen molar-refractivity contribution in [1.29, 1.82) is 5.26 Å².